The molecule has 0 saturated carbocycles. The van der Waals surface area contributed by atoms with E-state index in [1.165, 1.54) is 12.1 Å². The zero-order valence-corrected chi connectivity index (χ0v) is 15.8. The van der Waals surface area contributed by atoms with E-state index in [9.17, 15) is 4.39 Å². The highest BCUT2D eigenvalue weighted by molar-refractivity contribution is 7.98. The molecule has 0 amide bonds. The van der Waals surface area contributed by atoms with Gasteiger partial charge in [-0.25, -0.2) is 4.39 Å². The second-order valence-corrected chi connectivity index (χ2v) is 7.22. The topological polar surface area (TPSA) is 30.7 Å². The Bertz CT molecular complexity index is 1070. The molecule has 27 heavy (non-hydrogen) atoms. The van der Waals surface area contributed by atoms with Crippen molar-refractivity contribution < 1.29 is 4.39 Å². The van der Waals surface area contributed by atoms with Crippen LogP contribution in [-0.4, -0.2) is 14.8 Å². The minimum atomic E-state index is -0.305. The number of hydrogen-bond donors (Lipinski definition) is 0. The summed E-state index contributed by atoms with van der Waals surface area (Å²) in [7, 11) is 0. The molecule has 0 aliphatic heterocycles. The predicted octanol–water partition coefficient (Wildman–Crippen LogP) is 6.02. The molecule has 0 saturated heterocycles. The van der Waals surface area contributed by atoms with Crippen molar-refractivity contribution in [2.24, 2.45) is 0 Å². The van der Waals surface area contributed by atoms with Gasteiger partial charge in [0, 0.05) is 22.0 Å². The van der Waals surface area contributed by atoms with Crippen LogP contribution in [0.3, 0.4) is 0 Å². The van der Waals surface area contributed by atoms with Crippen LogP contribution >= 0.6 is 23.4 Å². The summed E-state index contributed by atoms with van der Waals surface area (Å²) >= 11 is 7.81. The van der Waals surface area contributed by atoms with Crippen LogP contribution in [0.4, 0.5) is 4.39 Å². The van der Waals surface area contributed by atoms with Crippen LogP contribution in [0.2, 0.25) is 5.02 Å². The van der Waals surface area contributed by atoms with Gasteiger partial charge in [-0.05, 0) is 35.9 Å². The fourth-order valence-corrected chi connectivity index (χ4v) is 3.98. The highest BCUT2D eigenvalue weighted by Gasteiger charge is 2.17. The maximum absolute atomic E-state index is 13.7. The molecule has 0 bridgehead atoms. The molecule has 0 fully saturated rings. The van der Waals surface area contributed by atoms with Gasteiger partial charge >= 0.3 is 0 Å². The van der Waals surface area contributed by atoms with Gasteiger partial charge in [-0.2, -0.15) is 0 Å². The highest BCUT2D eigenvalue weighted by Crippen LogP contribution is 2.31. The Balaban J connectivity index is 1.75. The molecule has 134 valence electrons. The molecule has 6 heteroatoms. The summed E-state index contributed by atoms with van der Waals surface area (Å²) in [4.78, 5) is 0. The first kappa shape index (κ1) is 17.8. The summed E-state index contributed by atoms with van der Waals surface area (Å²) in [6, 6.07) is 23.9. The van der Waals surface area contributed by atoms with E-state index in [4.69, 9.17) is 11.6 Å². The van der Waals surface area contributed by atoms with E-state index in [2.05, 4.69) is 10.2 Å². The van der Waals surface area contributed by atoms with Crippen molar-refractivity contribution in [3.05, 3.63) is 95.3 Å². The Morgan fingerprint density at radius 3 is 2.44 bits per heavy atom. The Labute approximate surface area is 165 Å². The average molecular weight is 396 g/mol. The molecule has 0 spiro atoms. The number of thioether (sulfide) groups is 1. The lowest BCUT2D eigenvalue weighted by molar-refractivity contribution is 0.628. The van der Waals surface area contributed by atoms with Gasteiger partial charge in [0.2, 0.25) is 0 Å². The average Bonchev–Trinajstić information content (AvgIpc) is 3.12. The summed E-state index contributed by atoms with van der Waals surface area (Å²) in [5.41, 5.74) is 2.62. The monoisotopic (exact) mass is 395 g/mol. The molecular formula is C21H15ClFN3S. The number of halogens is 2. The lowest BCUT2D eigenvalue weighted by Gasteiger charge is -2.10. The smallest absolute Gasteiger partial charge is 0.196 e. The largest absolute Gasteiger partial charge is 0.270 e. The van der Waals surface area contributed by atoms with E-state index < -0.39 is 0 Å². The third-order valence-corrected chi connectivity index (χ3v) is 5.39. The Morgan fingerprint density at radius 2 is 1.67 bits per heavy atom. The van der Waals surface area contributed by atoms with Gasteiger partial charge in [0.25, 0.3) is 0 Å². The van der Waals surface area contributed by atoms with Gasteiger partial charge in [0.1, 0.15) is 5.82 Å². The second kappa shape index (κ2) is 7.94. The lowest BCUT2D eigenvalue weighted by atomic mass is 10.2. The first-order chi connectivity index (χ1) is 13.2. The van der Waals surface area contributed by atoms with Crippen LogP contribution in [0.1, 0.15) is 5.56 Å². The van der Waals surface area contributed by atoms with E-state index in [0.717, 1.165) is 21.4 Å². The van der Waals surface area contributed by atoms with E-state index >= 15 is 0 Å². The minimum absolute atomic E-state index is 0.305. The fraction of sp³-hybridized carbons (Fsp3) is 0.0476. The molecule has 0 aliphatic carbocycles. The van der Waals surface area contributed by atoms with E-state index in [1.54, 1.807) is 17.8 Å². The highest BCUT2D eigenvalue weighted by atomic mass is 35.5. The van der Waals surface area contributed by atoms with E-state index in [1.807, 2.05) is 65.2 Å². The van der Waals surface area contributed by atoms with Crippen molar-refractivity contribution in [3.63, 3.8) is 0 Å². The van der Waals surface area contributed by atoms with Gasteiger partial charge < -0.3 is 0 Å². The number of aromatic nitrogens is 3. The van der Waals surface area contributed by atoms with Gasteiger partial charge in [0.15, 0.2) is 11.0 Å². The van der Waals surface area contributed by atoms with Gasteiger partial charge in [-0.15, -0.1) is 10.2 Å². The summed E-state index contributed by atoms with van der Waals surface area (Å²) < 4.78 is 15.7. The number of nitrogens with zero attached hydrogens (tertiary/aromatic N) is 3. The molecule has 3 aromatic carbocycles. The molecule has 0 radical (unpaired) electrons. The third kappa shape index (κ3) is 3.89. The molecule has 4 rings (SSSR count). The molecular weight excluding hydrogens is 381 g/mol. The predicted molar refractivity (Wildman–Crippen MR) is 108 cm³/mol. The van der Waals surface area contributed by atoms with Crippen molar-refractivity contribution in [2.75, 3.05) is 0 Å². The van der Waals surface area contributed by atoms with Crippen molar-refractivity contribution in [2.45, 2.75) is 10.9 Å². The third-order valence-electron chi connectivity index (χ3n) is 4.05. The molecule has 0 N–H and O–H groups in total. The van der Waals surface area contributed by atoms with Gasteiger partial charge in [0.05, 0.1) is 0 Å². The summed E-state index contributed by atoms with van der Waals surface area (Å²) in [5.74, 6) is 0.955. The first-order valence-electron chi connectivity index (χ1n) is 8.35. The van der Waals surface area contributed by atoms with Crippen LogP contribution in [0, 0.1) is 5.82 Å². The molecule has 0 atom stereocenters. The van der Waals surface area contributed by atoms with Crippen LogP contribution in [0.5, 0.6) is 0 Å². The number of hydrogen-bond acceptors (Lipinski definition) is 3. The van der Waals surface area contributed by atoms with Gasteiger partial charge in [-0.1, -0.05) is 71.9 Å². The molecule has 0 aliphatic rings. The standard InChI is InChI=1S/C21H15ClFN3S/c22-19-12-5-4-7-16(19)14-27-21-25-24-20(15-8-6-9-17(23)13-15)26(21)18-10-2-1-3-11-18/h1-13H,14H2. The van der Waals surface area contributed by atoms with Crippen LogP contribution in [-0.2, 0) is 5.75 Å². The van der Waals surface area contributed by atoms with Crippen LogP contribution < -0.4 is 0 Å². The van der Waals surface area contributed by atoms with Crippen molar-refractivity contribution in [3.8, 4) is 17.1 Å². The number of rotatable bonds is 5. The molecule has 3 nitrogen and oxygen atoms in total. The Kier molecular flexibility index (Phi) is 5.23. The molecule has 0 unspecified atom stereocenters. The van der Waals surface area contributed by atoms with Gasteiger partial charge in [-0.3, -0.25) is 4.57 Å². The van der Waals surface area contributed by atoms with Crippen LogP contribution in [0.15, 0.2) is 84.0 Å². The second-order valence-electron chi connectivity index (χ2n) is 5.87. The molecule has 1 heterocycles. The Hall–Kier alpha value is -2.63. The summed E-state index contributed by atoms with van der Waals surface area (Å²) in [6.45, 7) is 0. The van der Waals surface area contributed by atoms with Crippen molar-refractivity contribution >= 4 is 23.4 Å². The van der Waals surface area contributed by atoms with Crippen LogP contribution in [0.25, 0.3) is 17.1 Å². The summed E-state index contributed by atoms with van der Waals surface area (Å²) in [6.07, 6.45) is 0. The lowest BCUT2D eigenvalue weighted by Crippen LogP contribution is -2.00. The minimum Gasteiger partial charge on any atom is -0.270 e. The molecule has 1 aromatic heterocycles. The fourth-order valence-electron chi connectivity index (χ4n) is 2.75. The normalized spacial score (nSPS) is 10.9. The maximum Gasteiger partial charge on any atom is 0.196 e. The number of benzene rings is 3. The summed E-state index contributed by atoms with van der Waals surface area (Å²) in [5, 5.41) is 10.1. The molecule has 4 aromatic rings. The SMILES string of the molecule is Fc1cccc(-c2nnc(SCc3ccccc3Cl)n2-c2ccccc2)c1. The van der Waals surface area contributed by atoms with Crippen molar-refractivity contribution in [1.82, 2.24) is 14.8 Å². The maximum atomic E-state index is 13.7. The quantitative estimate of drug-likeness (QED) is 0.387. The first-order valence-corrected chi connectivity index (χ1v) is 9.72. The van der Waals surface area contributed by atoms with Crippen molar-refractivity contribution in [1.29, 1.82) is 0 Å². The Morgan fingerprint density at radius 1 is 0.889 bits per heavy atom. The zero-order valence-electron chi connectivity index (χ0n) is 14.2. The van der Waals surface area contributed by atoms with E-state index in [0.29, 0.717) is 17.1 Å². The van der Waals surface area contributed by atoms with E-state index in [-0.39, 0.29) is 5.82 Å². The zero-order chi connectivity index (χ0) is 18.6. The number of para-hydroxylation sites is 1.